The molecule has 17 heavy (non-hydrogen) atoms. The lowest BCUT2D eigenvalue weighted by atomic mass is 9.97. The van der Waals surface area contributed by atoms with Crippen molar-refractivity contribution in [1.29, 1.82) is 0 Å². The van der Waals surface area contributed by atoms with Gasteiger partial charge < -0.3 is 0 Å². The zero-order chi connectivity index (χ0) is 12.8. The summed E-state index contributed by atoms with van der Waals surface area (Å²) in [5.74, 6) is 0.393. The second kappa shape index (κ2) is 6.58. The number of hydrogen-bond acceptors (Lipinski definition) is 2. The predicted octanol–water partition coefficient (Wildman–Crippen LogP) is 3.40. The highest BCUT2D eigenvalue weighted by atomic mass is 16.1. The van der Waals surface area contributed by atoms with E-state index < -0.39 is 0 Å². The lowest BCUT2D eigenvalue weighted by Gasteiger charge is -2.13. The second-order valence-corrected chi connectivity index (χ2v) is 4.68. The number of nitrogens with zero attached hydrogens (tertiary/aromatic N) is 2. The average molecular weight is 236 g/mol. The summed E-state index contributed by atoms with van der Waals surface area (Å²) in [5.41, 5.74) is 1.04. The summed E-state index contributed by atoms with van der Waals surface area (Å²) >= 11 is 0. The summed E-state index contributed by atoms with van der Waals surface area (Å²) in [6.07, 6.45) is 5.91. The molecule has 0 aliphatic rings. The Hall–Kier alpha value is -1.12. The summed E-state index contributed by atoms with van der Waals surface area (Å²) in [7, 11) is 0. The highest BCUT2D eigenvalue weighted by molar-refractivity contribution is 5.78. The molecule has 3 heteroatoms. The molecule has 1 rings (SSSR count). The topological polar surface area (TPSA) is 34.9 Å². The number of aromatic nitrogens is 2. The molecule has 96 valence electrons. The van der Waals surface area contributed by atoms with E-state index in [1.807, 2.05) is 16.9 Å². The Morgan fingerprint density at radius 1 is 1.29 bits per heavy atom. The SMILES string of the molecule is CCC(Cc1ccn(C(CC)CC)n1)C(C)=O. The van der Waals surface area contributed by atoms with Crippen molar-refractivity contribution < 1.29 is 4.79 Å². The molecule has 0 aliphatic heterocycles. The minimum atomic E-state index is 0.125. The maximum Gasteiger partial charge on any atom is 0.133 e. The van der Waals surface area contributed by atoms with E-state index in [1.54, 1.807) is 6.92 Å². The highest BCUT2D eigenvalue weighted by Crippen LogP contribution is 2.17. The molecule has 1 aromatic rings. The third kappa shape index (κ3) is 3.69. The van der Waals surface area contributed by atoms with Gasteiger partial charge >= 0.3 is 0 Å². The van der Waals surface area contributed by atoms with Gasteiger partial charge in [-0.25, -0.2) is 0 Å². The zero-order valence-corrected chi connectivity index (χ0v) is 11.4. The van der Waals surface area contributed by atoms with E-state index in [9.17, 15) is 4.79 Å². The Bertz CT molecular complexity index is 353. The lowest BCUT2D eigenvalue weighted by Crippen LogP contribution is -2.14. The summed E-state index contributed by atoms with van der Waals surface area (Å²) in [5, 5.41) is 4.59. The van der Waals surface area contributed by atoms with Crippen LogP contribution in [-0.4, -0.2) is 15.6 Å². The van der Waals surface area contributed by atoms with Crippen LogP contribution in [0.4, 0.5) is 0 Å². The van der Waals surface area contributed by atoms with Gasteiger partial charge in [-0.15, -0.1) is 0 Å². The summed E-state index contributed by atoms with van der Waals surface area (Å²) in [6, 6.07) is 2.53. The van der Waals surface area contributed by atoms with Crippen molar-refractivity contribution in [2.45, 2.75) is 59.4 Å². The van der Waals surface area contributed by atoms with E-state index in [0.29, 0.717) is 6.04 Å². The summed E-state index contributed by atoms with van der Waals surface area (Å²) in [6.45, 7) is 8.09. The number of rotatable bonds is 7. The van der Waals surface area contributed by atoms with Crippen LogP contribution >= 0.6 is 0 Å². The van der Waals surface area contributed by atoms with Crippen LogP contribution in [0.15, 0.2) is 12.3 Å². The Morgan fingerprint density at radius 3 is 2.41 bits per heavy atom. The number of carbonyl (C=O) groups is 1. The molecule has 0 bridgehead atoms. The van der Waals surface area contributed by atoms with E-state index >= 15 is 0 Å². The van der Waals surface area contributed by atoms with Gasteiger partial charge in [-0.2, -0.15) is 5.10 Å². The maximum absolute atomic E-state index is 11.4. The number of ketones is 1. The van der Waals surface area contributed by atoms with E-state index in [4.69, 9.17) is 0 Å². The van der Waals surface area contributed by atoms with Crippen LogP contribution in [0, 0.1) is 5.92 Å². The summed E-state index contributed by atoms with van der Waals surface area (Å²) in [4.78, 5) is 11.4. The quantitative estimate of drug-likeness (QED) is 0.727. The minimum Gasteiger partial charge on any atom is -0.300 e. The largest absolute Gasteiger partial charge is 0.300 e. The number of Topliss-reactive ketones (excluding diaryl/α,β-unsaturated/α-hetero) is 1. The van der Waals surface area contributed by atoms with Gasteiger partial charge in [0.25, 0.3) is 0 Å². The monoisotopic (exact) mass is 236 g/mol. The van der Waals surface area contributed by atoms with Crippen molar-refractivity contribution in [2.24, 2.45) is 5.92 Å². The lowest BCUT2D eigenvalue weighted by molar-refractivity contribution is -0.120. The molecule has 0 fully saturated rings. The summed E-state index contributed by atoms with van der Waals surface area (Å²) < 4.78 is 2.04. The third-order valence-corrected chi connectivity index (χ3v) is 3.50. The van der Waals surface area contributed by atoms with Crippen LogP contribution < -0.4 is 0 Å². The minimum absolute atomic E-state index is 0.125. The average Bonchev–Trinajstić information content (AvgIpc) is 2.76. The number of hydrogen-bond donors (Lipinski definition) is 0. The molecular weight excluding hydrogens is 212 g/mol. The van der Waals surface area contributed by atoms with Crippen molar-refractivity contribution in [3.63, 3.8) is 0 Å². The van der Waals surface area contributed by atoms with E-state index in [2.05, 4.69) is 25.9 Å². The molecular formula is C14H24N2O. The molecule has 3 nitrogen and oxygen atoms in total. The third-order valence-electron chi connectivity index (χ3n) is 3.50. The molecule has 1 atom stereocenters. The first-order valence-electron chi connectivity index (χ1n) is 6.66. The van der Waals surface area contributed by atoms with Crippen molar-refractivity contribution in [2.75, 3.05) is 0 Å². The van der Waals surface area contributed by atoms with Crippen LogP contribution in [0.2, 0.25) is 0 Å². The van der Waals surface area contributed by atoms with Gasteiger partial charge in [-0.3, -0.25) is 9.48 Å². The molecule has 1 aromatic heterocycles. The Morgan fingerprint density at radius 2 is 1.94 bits per heavy atom. The van der Waals surface area contributed by atoms with Crippen molar-refractivity contribution in [3.05, 3.63) is 18.0 Å². The van der Waals surface area contributed by atoms with Gasteiger partial charge in [-0.1, -0.05) is 20.8 Å². The number of carbonyl (C=O) groups excluding carboxylic acids is 1. The van der Waals surface area contributed by atoms with Crippen LogP contribution in [0.3, 0.4) is 0 Å². The molecule has 0 amide bonds. The Labute approximate surface area is 104 Å². The first kappa shape index (κ1) is 13.9. The molecule has 0 aliphatic carbocycles. The molecule has 0 N–H and O–H groups in total. The van der Waals surface area contributed by atoms with Gasteiger partial charge in [0.2, 0.25) is 0 Å². The first-order valence-corrected chi connectivity index (χ1v) is 6.66. The van der Waals surface area contributed by atoms with Crippen LogP contribution in [0.1, 0.15) is 58.7 Å². The molecule has 0 saturated carbocycles. The van der Waals surface area contributed by atoms with E-state index in [-0.39, 0.29) is 11.7 Å². The van der Waals surface area contributed by atoms with Crippen molar-refractivity contribution >= 4 is 5.78 Å². The molecule has 0 saturated heterocycles. The van der Waals surface area contributed by atoms with Gasteiger partial charge in [0.1, 0.15) is 5.78 Å². The fourth-order valence-electron chi connectivity index (χ4n) is 2.18. The zero-order valence-electron chi connectivity index (χ0n) is 11.4. The van der Waals surface area contributed by atoms with Gasteiger partial charge in [0.05, 0.1) is 11.7 Å². The molecule has 0 radical (unpaired) electrons. The highest BCUT2D eigenvalue weighted by Gasteiger charge is 2.15. The van der Waals surface area contributed by atoms with E-state index in [1.165, 1.54) is 0 Å². The molecule has 1 unspecified atom stereocenters. The van der Waals surface area contributed by atoms with Crippen molar-refractivity contribution in [3.8, 4) is 0 Å². The fraction of sp³-hybridized carbons (Fsp3) is 0.714. The smallest absolute Gasteiger partial charge is 0.133 e. The fourth-order valence-corrected chi connectivity index (χ4v) is 2.18. The van der Waals surface area contributed by atoms with Crippen molar-refractivity contribution in [1.82, 2.24) is 9.78 Å². The standard InChI is InChI=1S/C14H24N2O/c1-5-12(11(4)17)10-13-8-9-16(15-13)14(6-2)7-3/h8-9,12,14H,5-7,10H2,1-4H3. The van der Waals surface area contributed by atoms with Gasteiger partial charge in [0, 0.05) is 18.5 Å². The maximum atomic E-state index is 11.4. The first-order chi connectivity index (χ1) is 8.12. The molecule has 1 heterocycles. The second-order valence-electron chi connectivity index (χ2n) is 4.68. The van der Waals surface area contributed by atoms with Gasteiger partial charge in [-0.05, 0) is 32.3 Å². The van der Waals surface area contributed by atoms with Crippen LogP contribution in [0.25, 0.3) is 0 Å². The van der Waals surface area contributed by atoms with Crippen LogP contribution in [-0.2, 0) is 11.2 Å². The Kier molecular flexibility index (Phi) is 5.39. The Balaban J connectivity index is 2.70. The molecule has 0 spiro atoms. The van der Waals surface area contributed by atoms with E-state index in [0.717, 1.165) is 31.4 Å². The van der Waals surface area contributed by atoms with Gasteiger partial charge in [0.15, 0.2) is 0 Å². The normalized spacial score (nSPS) is 13.0. The molecule has 0 aromatic carbocycles. The predicted molar refractivity (Wildman–Crippen MR) is 70.0 cm³/mol. The van der Waals surface area contributed by atoms with Crippen LogP contribution in [0.5, 0.6) is 0 Å².